The Morgan fingerprint density at radius 3 is 2.64 bits per heavy atom. The van der Waals surface area contributed by atoms with E-state index in [2.05, 4.69) is 15.3 Å². The molecule has 1 aromatic heterocycles. The van der Waals surface area contributed by atoms with Crippen LogP contribution in [0, 0.1) is 5.82 Å². The van der Waals surface area contributed by atoms with E-state index in [9.17, 15) is 9.18 Å². The molecule has 0 atom stereocenters. The Morgan fingerprint density at radius 2 is 1.96 bits per heavy atom. The average Bonchev–Trinajstić information content (AvgIpc) is 3.52. The van der Waals surface area contributed by atoms with E-state index in [1.165, 1.54) is 12.1 Å². The van der Waals surface area contributed by atoms with Crippen LogP contribution in [0.25, 0.3) is 11.3 Å². The quantitative estimate of drug-likeness (QED) is 0.702. The highest BCUT2D eigenvalue weighted by Gasteiger charge is 2.32. The van der Waals surface area contributed by atoms with Crippen LogP contribution in [0.4, 0.5) is 20.8 Å². The zero-order chi connectivity index (χ0) is 19.5. The number of nitrogen functional groups attached to an aromatic ring is 1. The van der Waals surface area contributed by atoms with Crippen molar-refractivity contribution in [2.24, 2.45) is 0 Å². The van der Waals surface area contributed by atoms with Crippen molar-refractivity contribution in [1.82, 2.24) is 14.9 Å². The molecule has 0 aliphatic heterocycles. The Kier molecular flexibility index (Phi) is 4.89. The van der Waals surface area contributed by atoms with Crippen LogP contribution in [0.15, 0.2) is 60.8 Å². The number of hydrogen-bond donors (Lipinski definition) is 2. The summed E-state index contributed by atoms with van der Waals surface area (Å²) < 4.78 is 13.4. The van der Waals surface area contributed by atoms with Crippen LogP contribution in [0.5, 0.6) is 0 Å². The molecule has 1 heterocycles. The topological polar surface area (TPSA) is 84.1 Å². The van der Waals surface area contributed by atoms with Gasteiger partial charge in [-0.25, -0.2) is 19.2 Å². The molecular formula is C21H20FN5O. The minimum Gasteiger partial charge on any atom is -0.368 e. The molecule has 3 aromatic rings. The summed E-state index contributed by atoms with van der Waals surface area (Å²) >= 11 is 0. The number of carbonyl (C=O) groups excluding carboxylic acids is 1. The van der Waals surface area contributed by atoms with Crippen LogP contribution < -0.4 is 11.1 Å². The summed E-state index contributed by atoms with van der Waals surface area (Å²) in [4.78, 5) is 22.6. The summed E-state index contributed by atoms with van der Waals surface area (Å²) in [6.45, 7) is 0.382. The Labute approximate surface area is 162 Å². The summed E-state index contributed by atoms with van der Waals surface area (Å²) in [6.07, 6.45) is 3.54. The van der Waals surface area contributed by atoms with E-state index < -0.39 is 0 Å². The fraction of sp³-hybridized carbons (Fsp3) is 0.190. The normalized spacial score (nSPS) is 13.2. The molecule has 0 saturated heterocycles. The van der Waals surface area contributed by atoms with Gasteiger partial charge in [-0.3, -0.25) is 0 Å². The molecule has 2 amide bonds. The third kappa shape index (κ3) is 4.25. The molecule has 0 spiro atoms. The number of anilines is 2. The van der Waals surface area contributed by atoms with Gasteiger partial charge in [-0.05, 0) is 48.7 Å². The van der Waals surface area contributed by atoms with Crippen molar-refractivity contribution in [3.63, 3.8) is 0 Å². The Bertz CT molecular complexity index is 988. The highest BCUT2D eigenvalue weighted by molar-refractivity contribution is 5.90. The van der Waals surface area contributed by atoms with E-state index in [0.717, 1.165) is 29.7 Å². The number of carbonyl (C=O) groups is 1. The number of rotatable bonds is 5. The summed E-state index contributed by atoms with van der Waals surface area (Å²) in [6, 6.07) is 15.5. The molecule has 0 unspecified atom stereocenters. The van der Waals surface area contributed by atoms with Gasteiger partial charge >= 0.3 is 6.03 Å². The molecule has 28 heavy (non-hydrogen) atoms. The largest absolute Gasteiger partial charge is 0.368 e. The molecule has 1 aliphatic carbocycles. The number of urea groups is 1. The van der Waals surface area contributed by atoms with Crippen molar-refractivity contribution in [2.45, 2.75) is 25.4 Å². The van der Waals surface area contributed by atoms with E-state index in [4.69, 9.17) is 5.73 Å². The van der Waals surface area contributed by atoms with Gasteiger partial charge in [0.25, 0.3) is 0 Å². The highest BCUT2D eigenvalue weighted by Crippen LogP contribution is 2.29. The Morgan fingerprint density at radius 1 is 1.18 bits per heavy atom. The zero-order valence-electron chi connectivity index (χ0n) is 15.2. The molecule has 4 rings (SSSR count). The van der Waals surface area contributed by atoms with Crippen molar-refractivity contribution >= 4 is 17.7 Å². The van der Waals surface area contributed by atoms with Crippen LogP contribution in [-0.2, 0) is 6.54 Å². The van der Waals surface area contributed by atoms with E-state index in [1.54, 1.807) is 23.2 Å². The van der Waals surface area contributed by atoms with Crippen molar-refractivity contribution in [3.05, 3.63) is 72.2 Å². The standard InChI is InChI=1S/C21H20FN5O/c22-16-3-1-2-14(12-16)13-27(18-8-9-18)21(28)25-17-6-4-15(5-7-17)19-10-11-24-20(23)26-19/h1-7,10-12,18H,8-9,13H2,(H,25,28)(H2,23,24,26). The first-order chi connectivity index (χ1) is 13.6. The predicted molar refractivity (Wildman–Crippen MR) is 106 cm³/mol. The predicted octanol–water partition coefficient (Wildman–Crippen LogP) is 4.06. The third-order valence-electron chi connectivity index (χ3n) is 4.60. The number of halogens is 1. The maximum atomic E-state index is 13.4. The molecule has 0 radical (unpaired) electrons. The Balaban J connectivity index is 1.45. The first-order valence-corrected chi connectivity index (χ1v) is 9.09. The lowest BCUT2D eigenvalue weighted by Crippen LogP contribution is -2.36. The van der Waals surface area contributed by atoms with Crippen molar-refractivity contribution in [2.75, 3.05) is 11.1 Å². The lowest BCUT2D eigenvalue weighted by molar-refractivity contribution is 0.206. The van der Waals surface area contributed by atoms with Gasteiger partial charge in [0.05, 0.1) is 5.69 Å². The maximum Gasteiger partial charge on any atom is 0.322 e. The van der Waals surface area contributed by atoms with Crippen LogP contribution in [0.2, 0.25) is 0 Å². The van der Waals surface area contributed by atoms with Crippen molar-refractivity contribution < 1.29 is 9.18 Å². The molecule has 0 bridgehead atoms. The van der Waals surface area contributed by atoms with Gasteiger partial charge in [-0.1, -0.05) is 24.3 Å². The fourth-order valence-electron chi connectivity index (χ4n) is 3.04. The molecule has 6 nitrogen and oxygen atoms in total. The second-order valence-corrected chi connectivity index (χ2v) is 6.80. The van der Waals surface area contributed by atoms with E-state index in [1.807, 2.05) is 30.3 Å². The van der Waals surface area contributed by atoms with Crippen LogP contribution in [0.3, 0.4) is 0 Å². The van der Waals surface area contributed by atoms with E-state index in [-0.39, 0.29) is 23.8 Å². The maximum absolute atomic E-state index is 13.4. The third-order valence-corrected chi connectivity index (χ3v) is 4.60. The van der Waals surface area contributed by atoms with Crippen LogP contribution in [-0.4, -0.2) is 26.9 Å². The number of amides is 2. The molecule has 1 saturated carbocycles. The van der Waals surface area contributed by atoms with E-state index >= 15 is 0 Å². The van der Waals surface area contributed by atoms with Crippen molar-refractivity contribution in [1.29, 1.82) is 0 Å². The van der Waals surface area contributed by atoms with E-state index in [0.29, 0.717) is 12.2 Å². The molecule has 2 aromatic carbocycles. The van der Waals surface area contributed by atoms with Gasteiger partial charge < -0.3 is 16.0 Å². The van der Waals surface area contributed by atoms with Crippen LogP contribution in [0.1, 0.15) is 18.4 Å². The van der Waals surface area contributed by atoms with Gasteiger partial charge in [-0.15, -0.1) is 0 Å². The van der Waals surface area contributed by atoms with Gasteiger partial charge in [0.2, 0.25) is 5.95 Å². The SMILES string of the molecule is Nc1nccc(-c2ccc(NC(=O)N(Cc3cccc(F)c3)C3CC3)cc2)n1. The molecule has 7 heteroatoms. The number of aromatic nitrogens is 2. The summed E-state index contributed by atoms with van der Waals surface area (Å²) in [5.74, 6) is -0.0816. The number of nitrogens with zero attached hydrogens (tertiary/aromatic N) is 3. The number of hydrogen-bond acceptors (Lipinski definition) is 4. The van der Waals surface area contributed by atoms with Crippen LogP contribution >= 0.6 is 0 Å². The lowest BCUT2D eigenvalue weighted by Gasteiger charge is -2.23. The smallest absolute Gasteiger partial charge is 0.322 e. The van der Waals surface area contributed by atoms with Gasteiger partial charge in [0.15, 0.2) is 0 Å². The molecule has 1 fully saturated rings. The fourth-order valence-corrected chi connectivity index (χ4v) is 3.04. The zero-order valence-corrected chi connectivity index (χ0v) is 15.2. The molecular weight excluding hydrogens is 357 g/mol. The second kappa shape index (κ2) is 7.64. The van der Waals surface area contributed by atoms with Crippen molar-refractivity contribution in [3.8, 4) is 11.3 Å². The number of nitrogens with two attached hydrogens (primary N) is 1. The Hall–Kier alpha value is -3.48. The van der Waals surface area contributed by atoms with Gasteiger partial charge in [0.1, 0.15) is 5.82 Å². The number of nitrogens with one attached hydrogen (secondary N) is 1. The first kappa shape index (κ1) is 17.9. The van der Waals surface area contributed by atoms with Gasteiger partial charge in [-0.2, -0.15) is 0 Å². The minimum atomic E-state index is -0.297. The van der Waals surface area contributed by atoms with Gasteiger partial charge in [0, 0.05) is 30.0 Å². The average molecular weight is 377 g/mol. The molecule has 3 N–H and O–H groups in total. The molecule has 1 aliphatic rings. The monoisotopic (exact) mass is 377 g/mol. The lowest BCUT2D eigenvalue weighted by atomic mass is 10.1. The first-order valence-electron chi connectivity index (χ1n) is 9.09. The number of benzene rings is 2. The summed E-state index contributed by atoms with van der Waals surface area (Å²) in [5, 5.41) is 2.92. The summed E-state index contributed by atoms with van der Waals surface area (Å²) in [5.41, 5.74) is 8.68. The molecule has 142 valence electrons. The minimum absolute atomic E-state index is 0.189. The second-order valence-electron chi connectivity index (χ2n) is 6.80. The summed E-state index contributed by atoms with van der Waals surface area (Å²) in [7, 11) is 0. The highest BCUT2D eigenvalue weighted by atomic mass is 19.1.